The molecule has 5 heteroatoms. The number of nitrogens with zero attached hydrogens (tertiary/aromatic N) is 2. The van der Waals surface area contributed by atoms with E-state index in [1.165, 1.54) is 19.3 Å². The lowest BCUT2D eigenvalue weighted by atomic mass is 9.89. The predicted molar refractivity (Wildman–Crippen MR) is 64.0 cm³/mol. The second-order valence-electron chi connectivity index (χ2n) is 4.38. The van der Waals surface area contributed by atoms with Crippen LogP contribution in [-0.2, 0) is 4.79 Å². The molecule has 0 bridgehead atoms. The highest BCUT2D eigenvalue weighted by Crippen LogP contribution is 2.30. The maximum Gasteiger partial charge on any atom is 0.322 e. The zero-order valence-electron chi connectivity index (χ0n) is 9.72. The van der Waals surface area contributed by atoms with Crippen LogP contribution in [0.2, 0.25) is 0 Å². The van der Waals surface area contributed by atoms with Crippen LogP contribution >= 0.6 is 0 Å². The number of carboxylic acid groups (broad SMARTS) is 1. The fourth-order valence-corrected chi connectivity index (χ4v) is 2.20. The van der Waals surface area contributed by atoms with E-state index in [0.29, 0.717) is 11.7 Å². The van der Waals surface area contributed by atoms with Gasteiger partial charge in [0, 0.05) is 12.1 Å². The number of aromatic nitrogens is 2. The number of carboxylic acids is 1. The number of rotatable bonds is 4. The molecule has 1 aliphatic rings. The summed E-state index contributed by atoms with van der Waals surface area (Å²) in [4.78, 5) is 19.1. The van der Waals surface area contributed by atoms with Crippen molar-refractivity contribution in [2.45, 2.75) is 38.0 Å². The van der Waals surface area contributed by atoms with Gasteiger partial charge in [0.1, 0.15) is 18.2 Å². The molecule has 0 aromatic carbocycles. The molecule has 0 unspecified atom stereocenters. The smallest absolute Gasteiger partial charge is 0.322 e. The number of aliphatic carboxylic acids is 1. The molecule has 0 spiro atoms. The van der Waals surface area contributed by atoms with Gasteiger partial charge in [0.15, 0.2) is 0 Å². The zero-order valence-corrected chi connectivity index (χ0v) is 9.72. The highest BCUT2D eigenvalue weighted by molar-refractivity contribution is 5.72. The monoisotopic (exact) mass is 235 g/mol. The molecule has 0 atom stereocenters. The lowest BCUT2D eigenvalue weighted by Crippen LogP contribution is -2.15. The van der Waals surface area contributed by atoms with Crippen LogP contribution in [-0.4, -0.2) is 27.6 Å². The topological polar surface area (TPSA) is 75.1 Å². The van der Waals surface area contributed by atoms with Crippen molar-refractivity contribution in [2.24, 2.45) is 0 Å². The first kappa shape index (κ1) is 11.8. The quantitative estimate of drug-likeness (QED) is 0.835. The minimum Gasteiger partial charge on any atom is -0.480 e. The highest BCUT2D eigenvalue weighted by atomic mass is 16.4. The van der Waals surface area contributed by atoms with Gasteiger partial charge in [0.2, 0.25) is 0 Å². The summed E-state index contributed by atoms with van der Waals surface area (Å²) in [7, 11) is 0. The first-order chi connectivity index (χ1) is 8.25. The van der Waals surface area contributed by atoms with Crippen molar-refractivity contribution in [3.8, 4) is 0 Å². The number of anilines is 1. The van der Waals surface area contributed by atoms with Crippen molar-refractivity contribution >= 4 is 11.8 Å². The lowest BCUT2D eigenvalue weighted by molar-refractivity contribution is -0.134. The van der Waals surface area contributed by atoms with Crippen molar-refractivity contribution in [3.63, 3.8) is 0 Å². The Morgan fingerprint density at radius 3 is 2.88 bits per heavy atom. The van der Waals surface area contributed by atoms with Crippen LogP contribution in [0, 0.1) is 0 Å². The summed E-state index contributed by atoms with van der Waals surface area (Å²) in [6, 6.07) is 1.70. The molecule has 1 aromatic rings. The third kappa shape index (κ3) is 3.41. The van der Waals surface area contributed by atoms with Crippen LogP contribution in [0.4, 0.5) is 5.82 Å². The maximum absolute atomic E-state index is 10.5. The van der Waals surface area contributed by atoms with Crippen LogP contribution in [0.1, 0.15) is 43.8 Å². The Kier molecular flexibility index (Phi) is 3.90. The van der Waals surface area contributed by atoms with E-state index in [2.05, 4.69) is 15.3 Å². The molecule has 1 saturated carbocycles. The second kappa shape index (κ2) is 5.61. The van der Waals surface area contributed by atoms with Gasteiger partial charge in [-0.3, -0.25) is 4.79 Å². The highest BCUT2D eigenvalue weighted by Gasteiger charge is 2.18. The van der Waals surface area contributed by atoms with Crippen LogP contribution in [0.25, 0.3) is 0 Å². The van der Waals surface area contributed by atoms with Gasteiger partial charge in [-0.2, -0.15) is 0 Å². The van der Waals surface area contributed by atoms with E-state index >= 15 is 0 Å². The molecule has 0 amide bonds. The fraction of sp³-hybridized carbons (Fsp3) is 0.583. The molecular weight excluding hydrogens is 218 g/mol. The SMILES string of the molecule is O=C(O)CNc1ccnc(C2CCCCC2)n1. The molecule has 0 radical (unpaired) electrons. The number of hydrogen-bond donors (Lipinski definition) is 2. The molecule has 0 saturated heterocycles. The van der Waals surface area contributed by atoms with Gasteiger partial charge >= 0.3 is 5.97 Å². The number of carbonyl (C=O) groups is 1. The molecule has 2 N–H and O–H groups in total. The third-order valence-corrected chi connectivity index (χ3v) is 3.07. The van der Waals surface area contributed by atoms with E-state index < -0.39 is 5.97 Å². The molecule has 1 heterocycles. The standard InChI is InChI=1S/C12H17N3O2/c16-11(17)8-14-10-6-7-13-12(15-10)9-4-2-1-3-5-9/h6-7,9H,1-5,8H2,(H,16,17)(H,13,14,15). The summed E-state index contributed by atoms with van der Waals surface area (Å²) in [5, 5.41) is 11.4. The van der Waals surface area contributed by atoms with Crippen LogP contribution in [0.5, 0.6) is 0 Å². The minimum absolute atomic E-state index is 0.110. The van der Waals surface area contributed by atoms with E-state index in [1.54, 1.807) is 12.3 Å². The Hall–Kier alpha value is -1.65. The van der Waals surface area contributed by atoms with E-state index in [4.69, 9.17) is 5.11 Å². The second-order valence-corrected chi connectivity index (χ2v) is 4.38. The summed E-state index contributed by atoms with van der Waals surface area (Å²) >= 11 is 0. The van der Waals surface area contributed by atoms with Gasteiger partial charge in [-0.05, 0) is 18.9 Å². The van der Waals surface area contributed by atoms with Crippen LogP contribution < -0.4 is 5.32 Å². The molecular formula is C12H17N3O2. The first-order valence-corrected chi connectivity index (χ1v) is 6.04. The van der Waals surface area contributed by atoms with Crippen molar-refractivity contribution in [2.75, 3.05) is 11.9 Å². The summed E-state index contributed by atoms with van der Waals surface area (Å²) in [5.41, 5.74) is 0. The minimum atomic E-state index is -0.886. The molecule has 1 fully saturated rings. The van der Waals surface area contributed by atoms with E-state index in [0.717, 1.165) is 18.7 Å². The molecule has 2 rings (SSSR count). The summed E-state index contributed by atoms with van der Waals surface area (Å²) in [5.74, 6) is 1.00. The van der Waals surface area contributed by atoms with Crippen LogP contribution in [0.3, 0.4) is 0 Å². The molecule has 17 heavy (non-hydrogen) atoms. The molecule has 1 aliphatic carbocycles. The largest absolute Gasteiger partial charge is 0.480 e. The number of nitrogens with one attached hydrogen (secondary N) is 1. The maximum atomic E-state index is 10.5. The Labute approximate surface area is 100 Å². The average molecular weight is 235 g/mol. The van der Waals surface area contributed by atoms with Gasteiger partial charge in [-0.25, -0.2) is 9.97 Å². The van der Waals surface area contributed by atoms with Crippen molar-refractivity contribution in [1.82, 2.24) is 9.97 Å². The van der Waals surface area contributed by atoms with Gasteiger partial charge in [-0.15, -0.1) is 0 Å². The van der Waals surface area contributed by atoms with E-state index in [9.17, 15) is 4.79 Å². The van der Waals surface area contributed by atoms with Gasteiger partial charge in [0.25, 0.3) is 0 Å². The van der Waals surface area contributed by atoms with Crippen molar-refractivity contribution in [3.05, 3.63) is 18.1 Å². The molecule has 92 valence electrons. The normalized spacial score (nSPS) is 16.7. The van der Waals surface area contributed by atoms with Crippen molar-refractivity contribution < 1.29 is 9.90 Å². The van der Waals surface area contributed by atoms with Gasteiger partial charge < -0.3 is 10.4 Å². The summed E-state index contributed by atoms with van der Waals surface area (Å²) in [6.45, 7) is -0.110. The molecule has 1 aromatic heterocycles. The Balaban J connectivity index is 2.02. The summed E-state index contributed by atoms with van der Waals surface area (Å²) in [6.07, 6.45) is 7.75. The lowest BCUT2D eigenvalue weighted by Gasteiger charge is -2.20. The van der Waals surface area contributed by atoms with Gasteiger partial charge in [-0.1, -0.05) is 19.3 Å². The molecule has 0 aliphatic heterocycles. The van der Waals surface area contributed by atoms with E-state index in [1.807, 2.05) is 0 Å². The third-order valence-electron chi connectivity index (χ3n) is 3.07. The Morgan fingerprint density at radius 2 is 2.18 bits per heavy atom. The fourth-order valence-electron chi connectivity index (χ4n) is 2.20. The summed E-state index contributed by atoms with van der Waals surface area (Å²) < 4.78 is 0. The zero-order chi connectivity index (χ0) is 12.1. The van der Waals surface area contributed by atoms with Crippen molar-refractivity contribution in [1.29, 1.82) is 0 Å². The number of hydrogen-bond acceptors (Lipinski definition) is 4. The molecule has 5 nitrogen and oxygen atoms in total. The Morgan fingerprint density at radius 1 is 1.41 bits per heavy atom. The van der Waals surface area contributed by atoms with Crippen LogP contribution in [0.15, 0.2) is 12.3 Å². The predicted octanol–water partition coefficient (Wildman–Crippen LogP) is 2.02. The Bertz CT molecular complexity index is 389. The average Bonchev–Trinajstić information content (AvgIpc) is 2.38. The van der Waals surface area contributed by atoms with E-state index in [-0.39, 0.29) is 6.54 Å². The van der Waals surface area contributed by atoms with Gasteiger partial charge in [0.05, 0.1) is 0 Å². The first-order valence-electron chi connectivity index (χ1n) is 6.04.